The number of methoxy groups -OCH3 is 1. The highest BCUT2D eigenvalue weighted by atomic mass is 17.1. The summed E-state index contributed by atoms with van der Waals surface area (Å²) in [7, 11) is 1.44. The normalized spacial score (nSPS) is 11.3. The van der Waals surface area contributed by atoms with Gasteiger partial charge in [-0.05, 0) is 37.3 Å². The van der Waals surface area contributed by atoms with Crippen LogP contribution < -0.4 is 20.7 Å². The summed E-state index contributed by atoms with van der Waals surface area (Å²) in [5.41, 5.74) is 2.40. The fourth-order valence-electron chi connectivity index (χ4n) is 4.64. The van der Waals surface area contributed by atoms with Crippen LogP contribution >= 0.6 is 0 Å². The Morgan fingerprint density at radius 2 is 1.69 bits per heavy atom. The van der Waals surface area contributed by atoms with E-state index >= 15 is 0 Å². The highest BCUT2D eigenvalue weighted by molar-refractivity contribution is 6.07. The summed E-state index contributed by atoms with van der Waals surface area (Å²) in [5.74, 6) is 1.45. The van der Waals surface area contributed by atoms with Crippen molar-refractivity contribution in [3.63, 3.8) is 0 Å². The van der Waals surface area contributed by atoms with Gasteiger partial charge < -0.3 is 20.1 Å². The number of hydrogen-bond donors (Lipinski definition) is 4. The number of aryl methyl sites for hydroxylation is 1. The van der Waals surface area contributed by atoms with Crippen molar-refractivity contribution in [3.05, 3.63) is 96.3 Å². The fourth-order valence-corrected chi connectivity index (χ4v) is 4.64. The minimum absolute atomic E-state index is 0.0210. The van der Waals surface area contributed by atoms with E-state index in [-0.39, 0.29) is 19.1 Å². The topological polar surface area (TPSA) is 149 Å². The number of aromatic nitrogens is 3. The zero-order valence-electron chi connectivity index (χ0n) is 25.3. The third-order valence-corrected chi connectivity index (χ3v) is 6.98. The van der Waals surface area contributed by atoms with Crippen molar-refractivity contribution >= 4 is 40.0 Å². The van der Waals surface area contributed by atoms with Crippen molar-refractivity contribution < 1.29 is 29.2 Å². The molecule has 0 saturated heterocycles. The van der Waals surface area contributed by atoms with E-state index < -0.39 is 11.4 Å². The number of carbonyl (C=O) groups is 2. The molecule has 12 nitrogen and oxygen atoms in total. The Hall–Kier alpha value is -5.30. The number of benzene rings is 3. The Morgan fingerprint density at radius 3 is 2.42 bits per heavy atom. The van der Waals surface area contributed by atoms with Crippen LogP contribution in [0, 0.1) is 6.92 Å². The second kappa shape index (κ2) is 13.6. The molecule has 0 spiro atoms. The molecule has 0 atom stereocenters. The van der Waals surface area contributed by atoms with E-state index in [0.717, 1.165) is 22.0 Å². The van der Waals surface area contributed by atoms with Crippen molar-refractivity contribution in [1.82, 2.24) is 14.8 Å². The fraction of sp³-hybridized carbons (Fsp3) is 0.212. The molecule has 2 aromatic heterocycles. The van der Waals surface area contributed by atoms with E-state index in [1.807, 2.05) is 69.3 Å². The summed E-state index contributed by atoms with van der Waals surface area (Å²) in [6.07, 6.45) is 1.53. The Bertz CT molecular complexity index is 1820. The largest absolute Gasteiger partial charge is 0.457 e. The van der Waals surface area contributed by atoms with Crippen LogP contribution in [0.2, 0.25) is 0 Å². The zero-order valence-corrected chi connectivity index (χ0v) is 25.3. The molecule has 45 heavy (non-hydrogen) atoms. The minimum Gasteiger partial charge on any atom is -0.457 e. The highest BCUT2D eigenvalue weighted by Crippen LogP contribution is 2.35. The number of nitrogens with zero attached hydrogens (tertiary/aromatic N) is 3. The summed E-state index contributed by atoms with van der Waals surface area (Å²) >= 11 is 0. The average Bonchev–Trinajstić information content (AvgIpc) is 3.43. The molecule has 0 saturated carbocycles. The van der Waals surface area contributed by atoms with E-state index in [9.17, 15) is 9.59 Å². The Labute approximate surface area is 259 Å². The summed E-state index contributed by atoms with van der Waals surface area (Å²) < 4.78 is 12.7. The molecule has 3 aromatic carbocycles. The predicted octanol–water partition coefficient (Wildman–Crippen LogP) is 6.52. The SMILES string of the molecule is COCC(=O)Nc1cc(Oc2ccc(NC(=O)Nc3cc(C(C)(C)COO)nn3-c3ccc(C)cc3)c3ccccc23)ccn1. The van der Waals surface area contributed by atoms with Gasteiger partial charge in [0, 0.05) is 41.6 Å². The highest BCUT2D eigenvalue weighted by Gasteiger charge is 2.27. The maximum atomic E-state index is 13.4. The molecule has 0 unspecified atom stereocenters. The molecule has 0 aliphatic rings. The number of amides is 3. The molecular formula is C33H34N6O6. The van der Waals surface area contributed by atoms with Crippen LogP contribution in [-0.2, 0) is 19.8 Å². The van der Waals surface area contributed by atoms with Gasteiger partial charge in [-0.25, -0.2) is 19.3 Å². The van der Waals surface area contributed by atoms with Crippen LogP contribution in [0.15, 0.2) is 85.1 Å². The van der Waals surface area contributed by atoms with Crippen LogP contribution in [0.4, 0.5) is 22.1 Å². The lowest BCUT2D eigenvalue weighted by atomic mass is 9.91. The number of anilines is 3. The second-order valence-corrected chi connectivity index (χ2v) is 11.0. The first-order chi connectivity index (χ1) is 21.7. The smallest absolute Gasteiger partial charge is 0.324 e. The number of pyridine rings is 1. The number of fused-ring (bicyclic) bond motifs is 1. The standard InChI is InChI=1S/C33H34N6O6/c1-21-9-11-22(12-10-21)39-30(18-28(38-39)33(2,3)20-44-42)37-32(41)35-26-13-14-27(25-8-6-5-7-24(25)26)45-23-15-16-34-29(17-23)36-31(40)19-43-4/h5-18,42H,19-20H2,1-4H3,(H,34,36,40)(H2,35,37,41). The quantitative estimate of drug-likeness (QED) is 0.0976. The van der Waals surface area contributed by atoms with E-state index in [4.69, 9.17) is 19.8 Å². The van der Waals surface area contributed by atoms with E-state index in [1.165, 1.54) is 13.3 Å². The Kier molecular flexibility index (Phi) is 9.38. The third-order valence-electron chi connectivity index (χ3n) is 6.98. The molecule has 2 heterocycles. The van der Waals surface area contributed by atoms with Crippen LogP contribution in [0.5, 0.6) is 11.5 Å². The summed E-state index contributed by atoms with van der Waals surface area (Å²) in [6, 6.07) is 23.4. The van der Waals surface area contributed by atoms with Gasteiger partial charge in [-0.2, -0.15) is 5.10 Å². The molecule has 3 amide bonds. The first-order valence-corrected chi connectivity index (χ1v) is 14.1. The van der Waals surface area contributed by atoms with Crippen molar-refractivity contribution in [1.29, 1.82) is 0 Å². The Morgan fingerprint density at radius 1 is 0.933 bits per heavy atom. The molecule has 5 rings (SSSR count). The lowest BCUT2D eigenvalue weighted by Gasteiger charge is -2.19. The predicted molar refractivity (Wildman–Crippen MR) is 171 cm³/mol. The molecule has 0 fully saturated rings. The van der Waals surface area contributed by atoms with Crippen molar-refractivity contribution in [2.75, 3.05) is 36.3 Å². The minimum atomic E-state index is -0.630. The number of ether oxygens (including phenoxy) is 2. The lowest BCUT2D eigenvalue weighted by molar-refractivity contribution is -0.252. The lowest BCUT2D eigenvalue weighted by Crippen LogP contribution is -2.24. The first kappa shape index (κ1) is 31.1. The van der Waals surface area contributed by atoms with Gasteiger partial charge in [-0.1, -0.05) is 55.8 Å². The molecule has 0 bridgehead atoms. The van der Waals surface area contributed by atoms with E-state index in [1.54, 1.807) is 35.0 Å². The van der Waals surface area contributed by atoms with Gasteiger partial charge in [0.2, 0.25) is 0 Å². The van der Waals surface area contributed by atoms with Gasteiger partial charge in [-0.3, -0.25) is 15.4 Å². The summed E-state index contributed by atoms with van der Waals surface area (Å²) in [4.78, 5) is 33.9. The van der Waals surface area contributed by atoms with Crippen LogP contribution in [-0.4, -0.2) is 52.3 Å². The van der Waals surface area contributed by atoms with Crippen LogP contribution in [0.3, 0.4) is 0 Å². The van der Waals surface area contributed by atoms with Crippen LogP contribution in [0.25, 0.3) is 16.5 Å². The number of rotatable bonds is 11. The molecule has 4 N–H and O–H groups in total. The Balaban J connectivity index is 1.39. The van der Waals surface area contributed by atoms with Gasteiger partial charge in [0.05, 0.1) is 23.7 Å². The van der Waals surface area contributed by atoms with E-state index in [0.29, 0.717) is 34.5 Å². The number of hydrogen-bond acceptors (Lipinski definition) is 8. The number of carbonyl (C=O) groups excluding carboxylic acids is 2. The maximum Gasteiger partial charge on any atom is 0.324 e. The molecular weight excluding hydrogens is 576 g/mol. The van der Waals surface area contributed by atoms with Crippen molar-refractivity contribution in [2.24, 2.45) is 0 Å². The van der Waals surface area contributed by atoms with E-state index in [2.05, 4.69) is 25.8 Å². The summed E-state index contributed by atoms with van der Waals surface area (Å²) in [6.45, 7) is 5.69. The van der Waals surface area contributed by atoms with Crippen molar-refractivity contribution in [3.8, 4) is 17.2 Å². The van der Waals surface area contributed by atoms with Gasteiger partial charge in [0.15, 0.2) is 0 Å². The van der Waals surface area contributed by atoms with Crippen molar-refractivity contribution in [2.45, 2.75) is 26.2 Å². The second-order valence-electron chi connectivity index (χ2n) is 11.0. The van der Waals surface area contributed by atoms with Gasteiger partial charge >= 0.3 is 6.03 Å². The average molecular weight is 611 g/mol. The monoisotopic (exact) mass is 610 g/mol. The van der Waals surface area contributed by atoms with Gasteiger partial charge in [0.1, 0.15) is 29.7 Å². The molecule has 12 heteroatoms. The zero-order chi connectivity index (χ0) is 32.0. The molecule has 0 aliphatic heterocycles. The van der Waals surface area contributed by atoms with Gasteiger partial charge in [0.25, 0.3) is 5.91 Å². The van der Waals surface area contributed by atoms with Gasteiger partial charge in [-0.15, -0.1) is 0 Å². The number of nitrogens with one attached hydrogen (secondary N) is 3. The maximum absolute atomic E-state index is 13.4. The summed E-state index contributed by atoms with van der Waals surface area (Å²) in [5, 5.41) is 23.9. The molecule has 232 valence electrons. The molecule has 5 aromatic rings. The van der Waals surface area contributed by atoms with Crippen LogP contribution in [0.1, 0.15) is 25.1 Å². The molecule has 0 radical (unpaired) electrons. The number of urea groups is 1. The first-order valence-electron chi connectivity index (χ1n) is 14.1. The molecule has 0 aliphatic carbocycles. The third kappa shape index (κ3) is 7.44.